The Labute approximate surface area is 197 Å². The van der Waals surface area contributed by atoms with Gasteiger partial charge in [0.05, 0.1) is 25.5 Å². The summed E-state index contributed by atoms with van der Waals surface area (Å²) in [7, 11) is 3.16. The number of ether oxygens (including phenoxy) is 3. The van der Waals surface area contributed by atoms with E-state index in [9.17, 15) is 4.79 Å². The fraction of sp³-hybridized carbons (Fsp3) is 0.333. The van der Waals surface area contributed by atoms with Gasteiger partial charge < -0.3 is 14.2 Å². The number of aromatic nitrogens is 3. The topological polar surface area (TPSA) is 86.7 Å². The molecule has 8 nitrogen and oxygen atoms in total. The second-order valence-electron chi connectivity index (χ2n) is 7.43. The van der Waals surface area contributed by atoms with Gasteiger partial charge in [0.1, 0.15) is 11.5 Å². The van der Waals surface area contributed by atoms with E-state index in [1.54, 1.807) is 25.2 Å². The molecule has 0 radical (unpaired) electrons. The van der Waals surface area contributed by atoms with Gasteiger partial charge in [-0.1, -0.05) is 43.3 Å². The van der Waals surface area contributed by atoms with Crippen molar-refractivity contribution in [2.45, 2.75) is 38.1 Å². The monoisotopic (exact) mass is 466 g/mol. The van der Waals surface area contributed by atoms with Gasteiger partial charge in [-0.05, 0) is 24.6 Å². The molecule has 1 aliphatic heterocycles. The first-order valence-electron chi connectivity index (χ1n) is 10.7. The zero-order chi connectivity index (χ0) is 23.4. The maximum Gasteiger partial charge on any atom is 0.247 e. The molecule has 172 valence electrons. The lowest BCUT2D eigenvalue weighted by molar-refractivity contribution is -0.118. The van der Waals surface area contributed by atoms with E-state index in [1.165, 1.54) is 18.7 Å². The number of anilines is 1. The second kappa shape index (κ2) is 10.1. The minimum absolute atomic E-state index is 0.191. The van der Waals surface area contributed by atoms with Gasteiger partial charge in [-0.3, -0.25) is 9.69 Å². The lowest BCUT2D eigenvalue weighted by Gasteiger charge is -2.30. The Hall–Kier alpha value is -3.33. The van der Waals surface area contributed by atoms with Crippen LogP contribution in [0.2, 0.25) is 0 Å². The number of carbonyl (C=O) groups is 1. The zero-order valence-electron chi connectivity index (χ0n) is 19.1. The summed E-state index contributed by atoms with van der Waals surface area (Å²) in [4.78, 5) is 19.2. The van der Waals surface area contributed by atoms with Crippen molar-refractivity contribution in [3.05, 3.63) is 48.0 Å². The highest BCUT2D eigenvalue weighted by atomic mass is 32.2. The summed E-state index contributed by atoms with van der Waals surface area (Å²) in [6.45, 7) is 3.64. The molecule has 0 fully saturated rings. The third kappa shape index (κ3) is 4.59. The molecule has 0 spiro atoms. The highest BCUT2D eigenvalue weighted by molar-refractivity contribution is 7.99. The number of thioether (sulfide) groups is 1. The van der Waals surface area contributed by atoms with Crippen LogP contribution in [0.1, 0.15) is 38.5 Å². The number of unbranched alkanes of at least 4 members (excludes halogenated alkanes) is 1. The summed E-state index contributed by atoms with van der Waals surface area (Å²) < 4.78 is 17.4. The molecule has 3 aromatic rings. The maximum atomic E-state index is 12.9. The molecule has 0 unspecified atom stereocenters. The fourth-order valence-electron chi connectivity index (χ4n) is 3.65. The Morgan fingerprint density at radius 3 is 2.70 bits per heavy atom. The minimum Gasteiger partial charge on any atom is -0.497 e. The molecule has 2 heterocycles. The van der Waals surface area contributed by atoms with Gasteiger partial charge in [0.15, 0.2) is 5.69 Å². The summed E-state index contributed by atoms with van der Waals surface area (Å²) in [6, 6.07) is 12.9. The number of amides is 1. The number of methoxy groups -OCH3 is 2. The van der Waals surface area contributed by atoms with Crippen LogP contribution >= 0.6 is 11.8 Å². The van der Waals surface area contributed by atoms with E-state index >= 15 is 0 Å². The Balaban J connectivity index is 1.88. The molecule has 4 rings (SSSR count). The molecule has 0 bridgehead atoms. The Morgan fingerprint density at radius 2 is 1.97 bits per heavy atom. The molecule has 1 amide bonds. The van der Waals surface area contributed by atoms with Crippen molar-refractivity contribution in [3.8, 4) is 28.6 Å². The molecule has 1 aromatic heterocycles. The van der Waals surface area contributed by atoms with E-state index in [-0.39, 0.29) is 5.91 Å². The molecule has 1 atom stereocenters. The predicted octanol–water partition coefficient (Wildman–Crippen LogP) is 4.89. The highest BCUT2D eigenvalue weighted by Gasteiger charge is 2.36. The van der Waals surface area contributed by atoms with E-state index < -0.39 is 6.23 Å². The molecule has 0 N–H and O–H groups in total. The average molecular weight is 467 g/mol. The predicted molar refractivity (Wildman–Crippen MR) is 127 cm³/mol. The van der Waals surface area contributed by atoms with E-state index in [0.29, 0.717) is 39.5 Å². The third-order valence-corrected chi connectivity index (χ3v) is 6.21. The fourth-order valence-corrected chi connectivity index (χ4v) is 4.51. The molecule has 9 heteroatoms. The zero-order valence-corrected chi connectivity index (χ0v) is 19.9. The van der Waals surface area contributed by atoms with Gasteiger partial charge in [0, 0.05) is 24.3 Å². The van der Waals surface area contributed by atoms with Gasteiger partial charge >= 0.3 is 0 Å². The molecular weight excluding hydrogens is 440 g/mol. The summed E-state index contributed by atoms with van der Waals surface area (Å²) in [5.74, 6) is 2.19. The number of hydrogen-bond donors (Lipinski definition) is 0. The normalized spacial score (nSPS) is 14.5. The number of hydrogen-bond acceptors (Lipinski definition) is 8. The van der Waals surface area contributed by atoms with Crippen molar-refractivity contribution in [1.29, 1.82) is 0 Å². The molecule has 0 aliphatic carbocycles. The Kier molecular flexibility index (Phi) is 6.98. The standard InChI is InChI=1S/C24H26N4O4S/c1-5-6-13-33-24-25-22-21(26-27-24)17-9-7-8-10-19(17)28(15(2)29)23(32-22)18-12-11-16(30-3)14-20(18)31-4/h7-12,14,23H,5-6,13H2,1-4H3/t23-/m0/s1. The SMILES string of the molecule is CCCCSc1nnc2c(n1)O[C@@H](c1ccc(OC)cc1OC)N(C(C)=O)c1ccccc1-2. The first-order chi connectivity index (χ1) is 16.1. The van der Waals surface area contributed by atoms with Crippen LogP contribution < -0.4 is 19.1 Å². The summed E-state index contributed by atoms with van der Waals surface area (Å²) in [5.41, 5.74) is 2.54. The Bertz CT molecular complexity index is 1160. The van der Waals surface area contributed by atoms with Crippen molar-refractivity contribution in [1.82, 2.24) is 15.2 Å². The lowest BCUT2D eigenvalue weighted by Crippen LogP contribution is -2.36. The summed E-state index contributed by atoms with van der Waals surface area (Å²) in [5, 5.41) is 9.29. The molecule has 2 aromatic carbocycles. The van der Waals surface area contributed by atoms with Crippen molar-refractivity contribution < 1.29 is 19.0 Å². The number of para-hydroxylation sites is 1. The van der Waals surface area contributed by atoms with Crippen LogP contribution in [0.15, 0.2) is 47.6 Å². The van der Waals surface area contributed by atoms with Gasteiger partial charge in [0.25, 0.3) is 0 Å². The van der Waals surface area contributed by atoms with Crippen LogP contribution in [0.3, 0.4) is 0 Å². The van der Waals surface area contributed by atoms with Crippen molar-refractivity contribution >= 4 is 23.4 Å². The van der Waals surface area contributed by atoms with Crippen LogP contribution in [0.4, 0.5) is 5.69 Å². The quantitative estimate of drug-likeness (QED) is 0.359. The van der Waals surface area contributed by atoms with Crippen LogP contribution in [0.25, 0.3) is 11.3 Å². The maximum absolute atomic E-state index is 12.9. The van der Waals surface area contributed by atoms with E-state index in [0.717, 1.165) is 24.2 Å². The van der Waals surface area contributed by atoms with Crippen LogP contribution in [-0.2, 0) is 4.79 Å². The van der Waals surface area contributed by atoms with Crippen molar-refractivity contribution in [2.75, 3.05) is 24.9 Å². The average Bonchev–Trinajstić information content (AvgIpc) is 2.98. The number of rotatable bonds is 7. The smallest absolute Gasteiger partial charge is 0.247 e. The third-order valence-electron chi connectivity index (χ3n) is 5.29. The van der Waals surface area contributed by atoms with E-state index in [4.69, 9.17) is 14.2 Å². The molecule has 0 saturated heterocycles. The molecule has 33 heavy (non-hydrogen) atoms. The van der Waals surface area contributed by atoms with Crippen LogP contribution in [-0.4, -0.2) is 41.1 Å². The number of nitrogens with zero attached hydrogens (tertiary/aromatic N) is 4. The first-order valence-corrected chi connectivity index (χ1v) is 11.7. The number of benzene rings is 2. The molecule has 0 saturated carbocycles. The first kappa shape index (κ1) is 22.8. The minimum atomic E-state index is -0.823. The summed E-state index contributed by atoms with van der Waals surface area (Å²) in [6.07, 6.45) is 1.32. The number of fused-ring (bicyclic) bond motifs is 3. The largest absolute Gasteiger partial charge is 0.497 e. The van der Waals surface area contributed by atoms with Gasteiger partial charge in [-0.2, -0.15) is 4.98 Å². The van der Waals surface area contributed by atoms with Gasteiger partial charge in [0.2, 0.25) is 23.2 Å². The lowest BCUT2D eigenvalue weighted by atomic mass is 10.1. The van der Waals surface area contributed by atoms with Crippen LogP contribution in [0.5, 0.6) is 17.4 Å². The van der Waals surface area contributed by atoms with Crippen molar-refractivity contribution in [3.63, 3.8) is 0 Å². The highest BCUT2D eigenvalue weighted by Crippen LogP contribution is 2.45. The van der Waals surface area contributed by atoms with Crippen LogP contribution in [0, 0.1) is 0 Å². The van der Waals surface area contributed by atoms with E-state index in [1.807, 2.05) is 36.4 Å². The molecule has 1 aliphatic rings. The van der Waals surface area contributed by atoms with Gasteiger partial charge in [-0.25, -0.2) is 0 Å². The second-order valence-corrected chi connectivity index (χ2v) is 8.50. The number of carbonyl (C=O) groups excluding carboxylic acids is 1. The van der Waals surface area contributed by atoms with Gasteiger partial charge in [-0.15, -0.1) is 10.2 Å². The van der Waals surface area contributed by atoms with E-state index in [2.05, 4.69) is 22.1 Å². The summed E-state index contributed by atoms with van der Waals surface area (Å²) >= 11 is 1.54. The Morgan fingerprint density at radius 1 is 1.15 bits per heavy atom. The van der Waals surface area contributed by atoms with Crippen molar-refractivity contribution in [2.24, 2.45) is 0 Å². The molecular formula is C24H26N4O4S.